The molecule has 0 radical (unpaired) electrons. The first kappa shape index (κ1) is 56.6. The van der Waals surface area contributed by atoms with Gasteiger partial charge in [0, 0.05) is 12.8 Å². The van der Waals surface area contributed by atoms with Gasteiger partial charge in [-0.2, -0.15) is 0 Å². The van der Waals surface area contributed by atoms with Crippen LogP contribution in [-0.4, -0.2) is 98.3 Å². The summed E-state index contributed by atoms with van der Waals surface area (Å²) in [6.07, 6.45) is 31.4. The number of rotatable bonds is 37. The summed E-state index contributed by atoms with van der Waals surface area (Å²) in [6, 6.07) is 0. The Labute approximate surface area is 366 Å². The van der Waals surface area contributed by atoms with Crippen LogP contribution in [0.2, 0.25) is 0 Å². The molecule has 1 rings (SSSR count). The molecule has 352 valence electrons. The minimum absolute atomic E-state index is 0.0662. The van der Waals surface area contributed by atoms with Gasteiger partial charge in [-0.05, 0) is 70.6 Å². The number of aliphatic hydroxyl groups is 5. The molecule has 0 heterocycles. The van der Waals surface area contributed by atoms with Crippen LogP contribution < -0.4 is 0 Å². The van der Waals surface area contributed by atoms with Gasteiger partial charge < -0.3 is 39.9 Å². The molecular formula is C47H81O13P. The maximum Gasteiger partial charge on any atom is 0.472 e. The Bertz CT molecular complexity index is 1300. The summed E-state index contributed by atoms with van der Waals surface area (Å²) in [5.41, 5.74) is 0. The Morgan fingerprint density at radius 2 is 0.951 bits per heavy atom. The van der Waals surface area contributed by atoms with Crippen molar-refractivity contribution in [1.82, 2.24) is 0 Å². The number of hydrogen-bond acceptors (Lipinski definition) is 12. The van der Waals surface area contributed by atoms with Crippen LogP contribution in [0, 0.1) is 0 Å². The fourth-order valence-corrected chi connectivity index (χ4v) is 7.56. The topological polar surface area (TPSA) is 210 Å². The maximum atomic E-state index is 12.8. The van der Waals surface area contributed by atoms with Crippen molar-refractivity contribution in [3.05, 3.63) is 60.8 Å². The second-order valence-electron chi connectivity index (χ2n) is 15.9. The van der Waals surface area contributed by atoms with Crippen LogP contribution in [-0.2, 0) is 32.7 Å². The largest absolute Gasteiger partial charge is 0.472 e. The number of carbonyl (C=O) groups excluding carboxylic acids is 2. The molecule has 6 unspecified atom stereocenters. The zero-order chi connectivity index (χ0) is 45.0. The molecule has 1 aliphatic rings. The third kappa shape index (κ3) is 29.5. The van der Waals surface area contributed by atoms with E-state index in [1.807, 2.05) is 12.2 Å². The Kier molecular flexibility index (Phi) is 34.3. The molecule has 0 aromatic rings. The summed E-state index contributed by atoms with van der Waals surface area (Å²) in [7, 11) is -5.13. The quantitative estimate of drug-likeness (QED) is 0.0113. The summed E-state index contributed by atoms with van der Waals surface area (Å²) in [5.74, 6) is -1.18. The molecule has 0 aromatic heterocycles. The van der Waals surface area contributed by atoms with Crippen LogP contribution in [0.3, 0.4) is 0 Å². The van der Waals surface area contributed by atoms with Gasteiger partial charge in [-0.25, -0.2) is 4.57 Å². The van der Waals surface area contributed by atoms with Gasteiger partial charge in [-0.15, -0.1) is 0 Å². The van der Waals surface area contributed by atoms with E-state index in [0.717, 1.165) is 57.8 Å². The Hall–Kier alpha value is -2.45. The van der Waals surface area contributed by atoms with Gasteiger partial charge in [0.05, 0.1) is 6.61 Å². The summed E-state index contributed by atoms with van der Waals surface area (Å²) in [5, 5.41) is 50.1. The lowest BCUT2D eigenvalue weighted by Crippen LogP contribution is -2.64. The molecule has 1 fully saturated rings. The van der Waals surface area contributed by atoms with Crippen molar-refractivity contribution < 1.29 is 63.1 Å². The van der Waals surface area contributed by atoms with Crippen LogP contribution in [0.25, 0.3) is 0 Å². The Balaban J connectivity index is 2.52. The zero-order valence-corrected chi connectivity index (χ0v) is 38.1. The van der Waals surface area contributed by atoms with Crippen LogP contribution >= 0.6 is 7.82 Å². The number of aliphatic hydroxyl groups excluding tert-OH is 5. The van der Waals surface area contributed by atoms with Gasteiger partial charge in [0.25, 0.3) is 0 Å². The molecule has 1 aliphatic carbocycles. The molecule has 6 N–H and O–H groups in total. The van der Waals surface area contributed by atoms with Gasteiger partial charge >= 0.3 is 19.8 Å². The van der Waals surface area contributed by atoms with E-state index in [2.05, 4.69) is 62.5 Å². The average Bonchev–Trinajstić information content (AvgIpc) is 3.24. The molecular weight excluding hydrogens is 803 g/mol. The fraction of sp³-hybridized carbons (Fsp3) is 0.745. The van der Waals surface area contributed by atoms with Gasteiger partial charge in [0.15, 0.2) is 6.10 Å². The van der Waals surface area contributed by atoms with E-state index >= 15 is 0 Å². The second-order valence-corrected chi connectivity index (χ2v) is 17.3. The lowest BCUT2D eigenvalue weighted by Gasteiger charge is -2.41. The first-order chi connectivity index (χ1) is 29.4. The van der Waals surface area contributed by atoms with E-state index < -0.39 is 75.7 Å². The third-order valence-corrected chi connectivity index (χ3v) is 11.3. The Morgan fingerprint density at radius 3 is 1.51 bits per heavy atom. The van der Waals surface area contributed by atoms with Gasteiger partial charge in [-0.1, -0.05) is 145 Å². The fourth-order valence-electron chi connectivity index (χ4n) is 6.59. The first-order valence-corrected chi connectivity index (χ1v) is 24.6. The Morgan fingerprint density at radius 1 is 0.525 bits per heavy atom. The molecule has 0 amide bonds. The minimum Gasteiger partial charge on any atom is -0.462 e. The van der Waals surface area contributed by atoms with E-state index in [0.29, 0.717) is 19.3 Å². The van der Waals surface area contributed by atoms with Crippen LogP contribution in [0.15, 0.2) is 60.8 Å². The molecule has 0 spiro atoms. The molecule has 14 heteroatoms. The monoisotopic (exact) mass is 885 g/mol. The van der Waals surface area contributed by atoms with Crippen molar-refractivity contribution in [2.24, 2.45) is 0 Å². The molecule has 0 aromatic carbocycles. The van der Waals surface area contributed by atoms with Gasteiger partial charge in [0.2, 0.25) is 0 Å². The van der Waals surface area contributed by atoms with E-state index in [-0.39, 0.29) is 12.8 Å². The normalized spacial score (nSPS) is 22.6. The summed E-state index contributed by atoms with van der Waals surface area (Å²) in [6.45, 7) is 3.20. The van der Waals surface area contributed by atoms with Crippen molar-refractivity contribution in [1.29, 1.82) is 0 Å². The number of ether oxygens (including phenoxy) is 2. The lowest BCUT2D eigenvalue weighted by atomic mass is 9.85. The number of hydrogen-bond donors (Lipinski definition) is 6. The predicted molar refractivity (Wildman–Crippen MR) is 239 cm³/mol. The van der Waals surface area contributed by atoms with Crippen LogP contribution in [0.5, 0.6) is 0 Å². The number of carbonyl (C=O) groups is 2. The second kappa shape index (κ2) is 37.0. The standard InChI is InChI=1S/C47H81O13P/c1-3-5-7-9-11-13-15-17-19-20-22-23-25-27-29-31-33-35-40(48)57-37-39(38-58-61(55,56)60-47-45(53)43(51)42(50)44(52)46(47)54)59-41(49)36-34-32-30-28-26-24-21-18-16-14-12-10-8-6-4-2/h14,16-19,21-23,27,29,39,42-47,50-54H,3-13,15,20,24-26,28,30-38H2,1-2H3,(H,55,56)/b16-14+,19-17+,21-18+,23-22+,29-27+/t39-,42?,43-,44?,45?,46?,47?/m0/s1. The number of phosphoric ester groups is 1. The maximum absolute atomic E-state index is 12.8. The van der Waals surface area contributed by atoms with Gasteiger partial charge in [-0.3, -0.25) is 18.6 Å². The average molecular weight is 885 g/mol. The SMILES string of the molecule is CCCCCC/C=C/C=C/CCCCCCCC(=O)O[C@@H](COC(=O)CCC/C=C/C/C=C/C/C=C/CCCCCCCC)COP(=O)(O)OC1C(O)C(O)C(O)[C@H](O)C1O. The third-order valence-electron chi connectivity index (χ3n) is 10.4. The van der Waals surface area contributed by atoms with E-state index in [1.165, 1.54) is 64.2 Å². The summed E-state index contributed by atoms with van der Waals surface area (Å²) < 4.78 is 33.4. The number of esters is 2. The first-order valence-electron chi connectivity index (χ1n) is 23.1. The minimum atomic E-state index is -5.13. The highest BCUT2D eigenvalue weighted by molar-refractivity contribution is 7.47. The highest BCUT2D eigenvalue weighted by atomic mass is 31.2. The molecule has 0 bridgehead atoms. The number of phosphoric acid groups is 1. The van der Waals surface area contributed by atoms with Crippen molar-refractivity contribution in [3.63, 3.8) is 0 Å². The predicted octanol–water partition coefficient (Wildman–Crippen LogP) is 8.94. The number of unbranched alkanes of at least 4 members (excludes halogenated alkanes) is 16. The van der Waals surface area contributed by atoms with Crippen LogP contribution in [0.1, 0.15) is 168 Å². The van der Waals surface area contributed by atoms with E-state index in [9.17, 15) is 44.6 Å². The zero-order valence-electron chi connectivity index (χ0n) is 37.2. The summed E-state index contributed by atoms with van der Waals surface area (Å²) >= 11 is 0. The highest BCUT2D eigenvalue weighted by Crippen LogP contribution is 2.47. The molecule has 0 aliphatic heterocycles. The smallest absolute Gasteiger partial charge is 0.462 e. The van der Waals surface area contributed by atoms with Crippen LogP contribution in [0.4, 0.5) is 0 Å². The van der Waals surface area contributed by atoms with E-state index in [1.54, 1.807) is 0 Å². The van der Waals surface area contributed by atoms with Gasteiger partial charge in [0.1, 0.15) is 43.2 Å². The molecule has 8 atom stereocenters. The lowest BCUT2D eigenvalue weighted by molar-refractivity contribution is -0.220. The molecule has 61 heavy (non-hydrogen) atoms. The molecule has 13 nitrogen and oxygen atoms in total. The van der Waals surface area contributed by atoms with E-state index in [4.69, 9.17) is 18.5 Å². The molecule has 1 saturated carbocycles. The van der Waals surface area contributed by atoms with Crippen molar-refractivity contribution in [3.8, 4) is 0 Å². The van der Waals surface area contributed by atoms with Crippen molar-refractivity contribution in [2.75, 3.05) is 13.2 Å². The number of allylic oxidation sites excluding steroid dienone is 10. The molecule has 0 saturated heterocycles. The van der Waals surface area contributed by atoms with Crippen molar-refractivity contribution >= 4 is 19.8 Å². The summed E-state index contributed by atoms with van der Waals surface area (Å²) in [4.78, 5) is 35.7. The van der Waals surface area contributed by atoms with Crippen molar-refractivity contribution in [2.45, 2.75) is 211 Å². The highest BCUT2D eigenvalue weighted by Gasteiger charge is 2.51.